The molecule has 3 aromatic rings. The third kappa shape index (κ3) is 4.69. The predicted molar refractivity (Wildman–Crippen MR) is 114 cm³/mol. The Hall–Kier alpha value is -2.76. The molecule has 1 amide bonds. The maximum absolute atomic E-state index is 12.8. The first-order chi connectivity index (χ1) is 14.2. The molecule has 1 heterocycles. The number of hydrogen-bond donors (Lipinski definition) is 1. The molecular weight excluding hydrogens is 389 g/mol. The maximum Gasteiger partial charge on any atom is 0.416 e. The number of alkyl halides is 3. The van der Waals surface area contributed by atoms with Gasteiger partial charge in [0.2, 0.25) is 0 Å². The average molecular weight is 416 g/mol. The lowest BCUT2D eigenvalue weighted by atomic mass is 9.81. The highest BCUT2D eigenvalue weighted by Gasteiger charge is 2.30. The van der Waals surface area contributed by atoms with Crippen LogP contribution in [-0.2, 0) is 6.18 Å². The first kappa shape index (κ1) is 21.9. The molecule has 6 heteroatoms. The van der Waals surface area contributed by atoms with Gasteiger partial charge in [-0.3, -0.25) is 4.79 Å². The third-order valence-corrected chi connectivity index (χ3v) is 6.15. The van der Waals surface area contributed by atoms with Crippen molar-refractivity contribution in [2.75, 3.05) is 6.54 Å². The zero-order valence-electron chi connectivity index (χ0n) is 17.5. The van der Waals surface area contributed by atoms with Crippen molar-refractivity contribution in [1.82, 2.24) is 9.88 Å². The summed E-state index contributed by atoms with van der Waals surface area (Å²) >= 11 is 0. The predicted octanol–water partition coefficient (Wildman–Crippen LogP) is 6.60. The van der Waals surface area contributed by atoms with Gasteiger partial charge in [-0.15, -0.1) is 0 Å². The Morgan fingerprint density at radius 1 is 1.00 bits per heavy atom. The number of rotatable bonds is 7. The molecule has 2 aromatic carbocycles. The van der Waals surface area contributed by atoms with Crippen molar-refractivity contribution < 1.29 is 18.0 Å². The van der Waals surface area contributed by atoms with Crippen LogP contribution in [0.1, 0.15) is 56.0 Å². The van der Waals surface area contributed by atoms with Crippen molar-refractivity contribution in [2.45, 2.75) is 46.2 Å². The fourth-order valence-electron chi connectivity index (χ4n) is 3.50. The second-order valence-electron chi connectivity index (χ2n) is 8.03. The van der Waals surface area contributed by atoms with Gasteiger partial charge in [0, 0.05) is 29.4 Å². The van der Waals surface area contributed by atoms with E-state index in [1.807, 2.05) is 22.8 Å². The lowest BCUT2D eigenvalue weighted by Gasteiger charge is -2.26. The van der Waals surface area contributed by atoms with Crippen LogP contribution in [0.15, 0.2) is 54.7 Å². The summed E-state index contributed by atoms with van der Waals surface area (Å²) in [6, 6.07) is 12.3. The van der Waals surface area contributed by atoms with E-state index < -0.39 is 11.7 Å². The molecule has 30 heavy (non-hydrogen) atoms. The van der Waals surface area contributed by atoms with Crippen LogP contribution in [0.5, 0.6) is 0 Å². The lowest BCUT2D eigenvalue weighted by molar-refractivity contribution is -0.137. The highest BCUT2D eigenvalue weighted by atomic mass is 19.4. The lowest BCUT2D eigenvalue weighted by Crippen LogP contribution is -2.28. The number of carbonyl (C=O) groups is 1. The molecule has 0 unspecified atom stereocenters. The Bertz CT molecular complexity index is 1020. The fraction of sp³-hybridized carbons (Fsp3) is 0.375. The van der Waals surface area contributed by atoms with Crippen LogP contribution in [0.25, 0.3) is 16.6 Å². The number of aromatic nitrogens is 1. The van der Waals surface area contributed by atoms with E-state index in [9.17, 15) is 18.0 Å². The standard InChI is InChI=1S/C24H27F3N2O/c1-4-23(3,5-2)13-14-28-22(30)18-6-11-21-17(16-18)12-15-29(21)20-9-7-19(8-10-20)24(25,26)27/h6-12,15-16H,4-5,13-14H2,1-3H3,(H,28,30). The molecule has 0 saturated heterocycles. The van der Waals surface area contributed by atoms with E-state index in [1.165, 1.54) is 12.1 Å². The molecule has 1 aromatic heterocycles. The molecule has 0 saturated carbocycles. The minimum Gasteiger partial charge on any atom is -0.352 e. The molecule has 3 rings (SSSR count). The second-order valence-corrected chi connectivity index (χ2v) is 8.03. The van der Waals surface area contributed by atoms with Gasteiger partial charge in [-0.1, -0.05) is 33.6 Å². The molecule has 0 radical (unpaired) electrons. The summed E-state index contributed by atoms with van der Waals surface area (Å²) in [5, 5.41) is 3.85. The summed E-state index contributed by atoms with van der Waals surface area (Å²) in [5.41, 5.74) is 1.59. The Balaban J connectivity index is 1.75. The molecule has 0 aliphatic carbocycles. The highest BCUT2D eigenvalue weighted by Crippen LogP contribution is 2.31. The van der Waals surface area contributed by atoms with Gasteiger partial charge in [0.15, 0.2) is 0 Å². The van der Waals surface area contributed by atoms with Crippen LogP contribution < -0.4 is 5.32 Å². The molecule has 160 valence electrons. The van der Waals surface area contributed by atoms with Crippen LogP contribution in [0.4, 0.5) is 13.2 Å². The van der Waals surface area contributed by atoms with Crippen molar-refractivity contribution in [3.63, 3.8) is 0 Å². The van der Waals surface area contributed by atoms with Crippen molar-refractivity contribution in [3.05, 3.63) is 65.9 Å². The number of benzene rings is 2. The Morgan fingerprint density at radius 3 is 2.27 bits per heavy atom. The number of nitrogens with zero attached hydrogens (tertiary/aromatic N) is 1. The largest absolute Gasteiger partial charge is 0.416 e. The van der Waals surface area contributed by atoms with Gasteiger partial charge in [-0.25, -0.2) is 0 Å². The summed E-state index contributed by atoms with van der Waals surface area (Å²) in [6.45, 7) is 7.19. The van der Waals surface area contributed by atoms with Crippen molar-refractivity contribution in [1.29, 1.82) is 0 Å². The Morgan fingerprint density at radius 2 is 1.67 bits per heavy atom. The molecule has 1 N–H and O–H groups in total. The van der Waals surface area contributed by atoms with Gasteiger partial charge >= 0.3 is 6.18 Å². The molecule has 0 fully saturated rings. The zero-order chi connectivity index (χ0) is 21.9. The van der Waals surface area contributed by atoms with Crippen molar-refractivity contribution in [3.8, 4) is 5.69 Å². The molecule has 0 bridgehead atoms. The normalized spacial score (nSPS) is 12.3. The van der Waals surface area contributed by atoms with Gasteiger partial charge in [0.05, 0.1) is 11.1 Å². The molecule has 0 atom stereocenters. The fourth-order valence-corrected chi connectivity index (χ4v) is 3.50. The zero-order valence-corrected chi connectivity index (χ0v) is 17.5. The molecule has 0 aliphatic rings. The van der Waals surface area contributed by atoms with E-state index >= 15 is 0 Å². The number of amides is 1. The number of hydrogen-bond acceptors (Lipinski definition) is 1. The first-order valence-corrected chi connectivity index (χ1v) is 10.2. The summed E-state index contributed by atoms with van der Waals surface area (Å²) < 4.78 is 40.2. The van der Waals surface area contributed by atoms with E-state index in [0.717, 1.165) is 42.3 Å². The van der Waals surface area contributed by atoms with E-state index in [2.05, 4.69) is 26.1 Å². The highest BCUT2D eigenvalue weighted by molar-refractivity contribution is 5.98. The van der Waals surface area contributed by atoms with E-state index in [4.69, 9.17) is 0 Å². The second kappa shape index (κ2) is 8.54. The average Bonchev–Trinajstić information content (AvgIpc) is 3.16. The van der Waals surface area contributed by atoms with Gasteiger partial charge in [-0.05, 0) is 60.4 Å². The quantitative estimate of drug-likeness (QED) is 0.463. The van der Waals surface area contributed by atoms with Crippen LogP contribution in [0.3, 0.4) is 0 Å². The van der Waals surface area contributed by atoms with E-state index in [-0.39, 0.29) is 11.3 Å². The van der Waals surface area contributed by atoms with Crippen LogP contribution in [-0.4, -0.2) is 17.0 Å². The monoisotopic (exact) mass is 416 g/mol. The van der Waals surface area contributed by atoms with Gasteiger partial charge in [0.1, 0.15) is 0 Å². The van der Waals surface area contributed by atoms with Crippen LogP contribution in [0, 0.1) is 5.41 Å². The van der Waals surface area contributed by atoms with Gasteiger partial charge in [-0.2, -0.15) is 13.2 Å². The number of carbonyl (C=O) groups excluding carboxylic acids is 1. The third-order valence-electron chi connectivity index (χ3n) is 6.15. The number of nitrogens with one attached hydrogen (secondary N) is 1. The smallest absolute Gasteiger partial charge is 0.352 e. The van der Waals surface area contributed by atoms with E-state index in [1.54, 1.807) is 12.3 Å². The summed E-state index contributed by atoms with van der Waals surface area (Å²) in [7, 11) is 0. The molecule has 0 spiro atoms. The Kier molecular flexibility index (Phi) is 6.25. The maximum atomic E-state index is 12.8. The summed E-state index contributed by atoms with van der Waals surface area (Å²) in [4.78, 5) is 12.5. The SMILES string of the molecule is CCC(C)(CC)CCNC(=O)c1ccc2c(ccn2-c2ccc(C(F)(F)F)cc2)c1. The van der Waals surface area contributed by atoms with Crippen LogP contribution >= 0.6 is 0 Å². The Labute approximate surface area is 174 Å². The van der Waals surface area contributed by atoms with Crippen LogP contribution in [0.2, 0.25) is 0 Å². The summed E-state index contributed by atoms with van der Waals surface area (Å²) in [5.74, 6) is -0.117. The van der Waals surface area contributed by atoms with Crippen molar-refractivity contribution >= 4 is 16.8 Å². The topological polar surface area (TPSA) is 34.0 Å². The first-order valence-electron chi connectivity index (χ1n) is 10.2. The number of halogens is 3. The van der Waals surface area contributed by atoms with Gasteiger partial charge in [0.25, 0.3) is 5.91 Å². The minimum absolute atomic E-state index is 0.117. The minimum atomic E-state index is -4.36. The molecular formula is C24H27F3N2O. The van der Waals surface area contributed by atoms with E-state index in [0.29, 0.717) is 17.8 Å². The molecule has 3 nitrogen and oxygen atoms in total. The van der Waals surface area contributed by atoms with Crippen molar-refractivity contribution in [2.24, 2.45) is 5.41 Å². The summed E-state index contributed by atoms with van der Waals surface area (Å²) in [6.07, 6.45) is 0.512. The van der Waals surface area contributed by atoms with Gasteiger partial charge < -0.3 is 9.88 Å². The molecule has 0 aliphatic heterocycles. The number of fused-ring (bicyclic) bond motifs is 1.